The van der Waals surface area contributed by atoms with Gasteiger partial charge in [0.2, 0.25) is 5.91 Å². The van der Waals surface area contributed by atoms with Gasteiger partial charge in [-0.05, 0) is 62.0 Å². The number of carbonyl (C=O) groups is 2. The molecule has 4 rings (SSSR count). The number of carbonyl (C=O) groups excluding carboxylic acids is 2. The molecule has 3 aromatic heterocycles. The molecule has 3 heterocycles. The Hall–Kier alpha value is -3.15. The van der Waals surface area contributed by atoms with Crippen molar-refractivity contribution in [3.05, 3.63) is 67.4 Å². The van der Waals surface area contributed by atoms with Crippen molar-refractivity contribution in [3.63, 3.8) is 0 Å². The van der Waals surface area contributed by atoms with E-state index in [1.54, 1.807) is 42.7 Å². The number of esters is 1. The fourth-order valence-corrected chi connectivity index (χ4v) is 6.13. The number of fused-ring (bicyclic) bond motifs is 1. The van der Waals surface area contributed by atoms with Gasteiger partial charge in [-0.1, -0.05) is 17.8 Å². The maximum atomic E-state index is 13.6. The number of thiophene rings is 2. The molecule has 1 aromatic carbocycles. The quantitative estimate of drug-likeness (QED) is 0.167. The highest BCUT2D eigenvalue weighted by atomic mass is 32.2. The fourth-order valence-electron chi connectivity index (χ4n) is 3.53. The van der Waals surface area contributed by atoms with Crippen molar-refractivity contribution in [1.82, 2.24) is 9.55 Å². The minimum Gasteiger partial charge on any atom is -0.494 e. The lowest BCUT2D eigenvalue weighted by molar-refractivity contribution is -0.113. The highest BCUT2D eigenvalue weighted by Crippen LogP contribution is 2.30. The van der Waals surface area contributed by atoms with Crippen LogP contribution < -0.4 is 15.6 Å². The van der Waals surface area contributed by atoms with Gasteiger partial charge in [0, 0.05) is 10.6 Å². The number of rotatable bonds is 10. The molecule has 8 nitrogen and oxygen atoms in total. The molecule has 4 aromatic rings. The van der Waals surface area contributed by atoms with E-state index in [0.29, 0.717) is 44.7 Å². The van der Waals surface area contributed by atoms with Crippen LogP contribution in [0.3, 0.4) is 0 Å². The van der Waals surface area contributed by atoms with Crippen molar-refractivity contribution in [2.75, 3.05) is 24.3 Å². The van der Waals surface area contributed by atoms with E-state index in [2.05, 4.69) is 5.32 Å². The molecule has 36 heavy (non-hydrogen) atoms. The van der Waals surface area contributed by atoms with Crippen LogP contribution in [0.4, 0.5) is 5.69 Å². The van der Waals surface area contributed by atoms with Crippen LogP contribution >= 0.6 is 34.4 Å². The van der Waals surface area contributed by atoms with Crippen LogP contribution in [0.2, 0.25) is 0 Å². The van der Waals surface area contributed by atoms with Crippen molar-refractivity contribution in [2.45, 2.75) is 32.5 Å². The number of nitrogens with zero attached hydrogens (tertiary/aromatic N) is 2. The maximum Gasteiger partial charge on any atom is 0.348 e. The van der Waals surface area contributed by atoms with Gasteiger partial charge in [-0.25, -0.2) is 9.78 Å². The SMILES string of the molecule is CCOC(=O)c1sc2nc(SCC(=O)Nc3ccc(OCC)cc3)n(Cc3cccs3)c(=O)c2c1C. The second-order valence-electron chi connectivity index (χ2n) is 7.62. The average molecular weight is 544 g/mol. The lowest BCUT2D eigenvalue weighted by Crippen LogP contribution is -2.24. The third kappa shape index (κ3) is 5.80. The van der Waals surface area contributed by atoms with E-state index in [1.807, 2.05) is 24.4 Å². The molecule has 0 unspecified atom stereocenters. The topological polar surface area (TPSA) is 99.5 Å². The van der Waals surface area contributed by atoms with Crippen LogP contribution in [-0.2, 0) is 16.1 Å². The first kappa shape index (κ1) is 25.9. The van der Waals surface area contributed by atoms with Gasteiger partial charge in [-0.2, -0.15) is 0 Å². The molecule has 0 atom stereocenters. The molecule has 1 amide bonds. The molecule has 0 radical (unpaired) electrons. The zero-order chi connectivity index (χ0) is 25.7. The minimum atomic E-state index is -0.467. The fraction of sp³-hybridized carbons (Fsp3) is 0.280. The summed E-state index contributed by atoms with van der Waals surface area (Å²) in [6.07, 6.45) is 0. The number of aryl methyl sites for hydroxylation is 1. The predicted molar refractivity (Wildman–Crippen MR) is 145 cm³/mol. The van der Waals surface area contributed by atoms with Crippen molar-refractivity contribution < 1.29 is 19.1 Å². The first-order valence-electron chi connectivity index (χ1n) is 11.3. The standard InChI is InChI=1S/C25H25N3O5S3/c1-4-32-17-10-8-16(9-11-17)26-19(29)14-35-25-27-22-20(15(3)21(36-22)24(31)33-5-2)23(30)28(25)13-18-7-6-12-34-18/h6-12H,4-5,13-14H2,1-3H3,(H,26,29). The van der Waals surface area contributed by atoms with Crippen molar-refractivity contribution in [3.8, 4) is 5.75 Å². The van der Waals surface area contributed by atoms with Crippen LogP contribution in [0.15, 0.2) is 51.7 Å². The Morgan fingerprint density at radius 2 is 1.92 bits per heavy atom. The number of nitrogens with one attached hydrogen (secondary N) is 1. The Kier molecular flexibility index (Phi) is 8.44. The van der Waals surface area contributed by atoms with Crippen LogP contribution in [0, 0.1) is 6.92 Å². The van der Waals surface area contributed by atoms with E-state index in [-0.39, 0.29) is 23.8 Å². The van der Waals surface area contributed by atoms with E-state index >= 15 is 0 Å². The summed E-state index contributed by atoms with van der Waals surface area (Å²) in [5.74, 6) is 0.0975. The molecule has 11 heteroatoms. The van der Waals surface area contributed by atoms with E-state index in [9.17, 15) is 14.4 Å². The van der Waals surface area contributed by atoms with Gasteiger partial charge in [0.1, 0.15) is 15.5 Å². The van der Waals surface area contributed by atoms with Crippen LogP contribution in [-0.4, -0.2) is 40.4 Å². The summed E-state index contributed by atoms with van der Waals surface area (Å²) in [5, 5.41) is 5.62. The lowest BCUT2D eigenvalue weighted by Gasteiger charge is -2.12. The van der Waals surface area contributed by atoms with Gasteiger partial charge in [0.25, 0.3) is 5.56 Å². The van der Waals surface area contributed by atoms with E-state index < -0.39 is 5.97 Å². The Bertz CT molecular complexity index is 1430. The molecule has 1 N–H and O–H groups in total. The molecule has 0 saturated carbocycles. The number of aromatic nitrogens is 2. The van der Waals surface area contributed by atoms with E-state index in [0.717, 1.165) is 22.0 Å². The van der Waals surface area contributed by atoms with Gasteiger partial charge in [0.15, 0.2) is 5.16 Å². The normalized spacial score (nSPS) is 11.0. The zero-order valence-corrected chi connectivity index (χ0v) is 22.5. The molecule has 0 saturated heterocycles. The van der Waals surface area contributed by atoms with Gasteiger partial charge in [-0.3, -0.25) is 14.2 Å². The summed E-state index contributed by atoms with van der Waals surface area (Å²) in [4.78, 5) is 45.1. The summed E-state index contributed by atoms with van der Waals surface area (Å²) >= 11 is 3.85. The maximum absolute atomic E-state index is 13.6. The lowest BCUT2D eigenvalue weighted by atomic mass is 10.2. The number of ether oxygens (including phenoxy) is 2. The summed E-state index contributed by atoms with van der Waals surface area (Å²) < 4.78 is 12.1. The van der Waals surface area contributed by atoms with Crippen LogP contribution in [0.5, 0.6) is 5.75 Å². The predicted octanol–water partition coefficient (Wildman–Crippen LogP) is 5.18. The van der Waals surface area contributed by atoms with Crippen LogP contribution in [0.1, 0.15) is 34.0 Å². The summed E-state index contributed by atoms with van der Waals surface area (Å²) in [7, 11) is 0. The van der Waals surface area contributed by atoms with Crippen LogP contribution in [0.25, 0.3) is 10.2 Å². The highest BCUT2D eigenvalue weighted by molar-refractivity contribution is 7.99. The molecule has 0 aliphatic carbocycles. The van der Waals surface area contributed by atoms with E-state index in [4.69, 9.17) is 14.5 Å². The van der Waals surface area contributed by atoms with Crippen molar-refractivity contribution in [2.24, 2.45) is 0 Å². The molecule has 188 valence electrons. The smallest absolute Gasteiger partial charge is 0.348 e. The number of thioether (sulfide) groups is 1. The Labute approximate surface area is 220 Å². The third-order valence-corrected chi connectivity index (χ3v) is 8.15. The average Bonchev–Trinajstić information content (AvgIpc) is 3.49. The third-order valence-electron chi connectivity index (χ3n) is 5.15. The molecular formula is C25H25N3O5S3. The highest BCUT2D eigenvalue weighted by Gasteiger charge is 2.23. The summed E-state index contributed by atoms with van der Waals surface area (Å²) in [6.45, 7) is 6.52. The second-order valence-corrected chi connectivity index (χ2v) is 10.6. The first-order valence-corrected chi connectivity index (χ1v) is 14.0. The summed E-state index contributed by atoms with van der Waals surface area (Å²) in [6, 6.07) is 11.0. The Balaban J connectivity index is 1.61. The van der Waals surface area contributed by atoms with E-state index in [1.165, 1.54) is 23.1 Å². The van der Waals surface area contributed by atoms with Gasteiger partial charge >= 0.3 is 5.97 Å². The number of hydrogen-bond donors (Lipinski definition) is 1. The molecule has 0 aliphatic heterocycles. The molecule has 0 fully saturated rings. The van der Waals surface area contributed by atoms with Gasteiger partial charge in [-0.15, -0.1) is 22.7 Å². The van der Waals surface area contributed by atoms with Gasteiger partial charge < -0.3 is 14.8 Å². The monoisotopic (exact) mass is 543 g/mol. The Morgan fingerprint density at radius 1 is 1.14 bits per heavy atom. The molecule has 0 aliphatic rings. The number of hydrogen-bond acceptors (Lipinski definition) is 9. The number of amides is 1. The first-order chi connectivity index (χ1) is 17.4. The Morgan fingerprint density at radius 3 is 2.58 bits per heavy atom. The molecule has 0 bridgehead atoms. The largest absolute Gasteiger partial charge is 0.494 e. The molecule has 0 spiro atoms. The number of benzene rings is 1. The summed E-state index contributed by atoms with van der Waals surface area (Å²) in [5.41, 5.74) is 0.971. The van der Waals surface area contributed by atoms with Crippen molar-refractivity contribution in [1.29, 1.82) is 0 Å². The minimum absolute atomic E-state index is 0.0602. The number of anilines is 1. The van der Waals surface area contributed by atoms with Gasteiger partial charge in [0.05, 0.1) is 30.9 Å². The zero-order valence-electron chi connectivity index (χ0n) is 20.0. The second kappa shape index (κ2) is 11.7. The van der Waals surface area contributed by atoms with Crippen molar-refractivity contribution >= 4 is 62.2 Å². The molecular weight excluding hydrogens is 518 g/mol.